The summed E-state index contributed by atoms with van der Waals surface area (Å²) < 4.78 is 52.5. The summed E-state index contributed by atoms with van der Waals surface area (Å²) in [6.07, 6.45) is -3.12. The molecule has 0 aliphatic carbocycles. The lowest BCUT2D eigenvalue weighted by atomic mass is 10.1. The highest BCUT2D eigenvalue weighted by molar-refractivity contribution is 8.13. The van der Waals surface area contributed by atoms with Crippen LogP contribution in [0.2, 0.25) is 0 Å². The van der Waals surface area contributed by atoms with Crippen LogP contribution >= 0.6 is 10.7 Å². The number of rotatable bonds is 3. The molecular formula is C9H6ClF2NO3S. The highest BCUT2D eigenvalue weighted by Crippen LogP contribution is 2.38. The van der Waals surface area contributed by atoms with Crippen molar-refractivity contribution in [2.75, 3.05) is 7.11 Å². The Morgan fingerprint density at radius 1 is 1.47 bits per heavy atom. The smallest absolute Gasteiger partial charge is 0.268 e. The molecule has 1 aromatic rings. The van der Waals surface area contributed by atoms with Crippen LogP contribution in [0.25, 0.3) is 0 Å². The molecule has 0 saturated heterocycles. The second-order valence-electron chi connectivity index (χ2n) is 2.91. The van der Waals surface area contributed by atoms with Crippen LogP contribution < -0.4 is 4.74 Å². The van der Waals surface area contributed by atoms with Gasteiger partial charge in [-0.05, 0) is 12.1 Å². The van der Waals surface area contributed by atoms with E-state index in [1.807, 2.05) is 0 Å². The fourth-order valence-corrected chi connectivity index (χ4v) is 2.39. The van der Waals surface area contributed by atoms with Gasteiger partial charge in [0.15, 0.2) is 0 Å². The second-order valence-corrected chi connectivity index (χ2v) is 5.44. The number of ether oxygens (including phenoxy) is 1. The van der Waals surface area contributed by atoms with E-state index in [1.165, 1.54) is 0 Å². The Morgan fingerprint density at radius 2 is 2.06 bits per heavy atom. The summed E-state index contributed by atoms with van der Waals surface area (Å²) >= 11 is 0. The second kappa shape index (κ2) is 4.85. The molecule has 0 radical (unpaired) electrons. The molecule has 0 fully saturated rings. The van der Waals surface area contributed by atoms with Crippen LogP contribution in [0.1, 0.15) is 17.6 Å². The Hall–Kier alpha value is -1.39. The van der Waals surface area contributed by atoms with Gasteiger partial charge < -0.3 is 4.74 Å². The molecule has 8 heteroatoms. The summed E-state index contributed by atoms with van der Waals surface area (Å²) in [5, 5.41) is 8.69. The van der Waals surface area contributed by atoms with Crippen LogP contribution in [-0.2, 0) is 9.05 Å². The molecule has 0 N–H and O–H groups in total. The van der Waals surface area contributed by atoms with Gasteiger partial charge in [-0.3, -0.25) is 0 Å². The van der Waals surface area contributed by atoms with Gasteiger partial charge in [-0.25, -0.2) is 17.2 Å². The molecule has 92 valence electrons. The molecule has 0 amide bonds. The first-order valence-corrected chi connectivity index (χ1v) is 6.47. The minimum Gasteiger partial charge on any atom is -0.495 e. The molecular weight excluding hydrogens is 276 g/mol. The number of halogens is 3. The van der Waals surface area contributed by atoms with Crippen molar-refractivity contribution in [3.63, 3.8) is 0 Å². The number of hydrogen-bond acceptors (Lipinski definition) is 4. The molecule has 0 spiro atoms. The molecule has 1 aromatic carbocycles. The van der Waals surface area contributed by atoms with Gasteiger partial charge in [-0.1, -0.05) is 0 Å². The molecule has 0 heterocycles. The van der Waals surface area contributed by atoms with Crippen LogP contribution in [0, 0.1) is 11.3 Å². The fraction of sp³-hybridized carbons (Fsp3) is 0.222. The zero-order valence-corrected chi connectivity index (χ0v) is 10.0. The number of hydrogen-bond donors (Lipinski definition) is 0. The van der Waals surface area contributed by atoms with Crippen molar-refractivity contribution >= 4 is 19.7 Å². The van der Waals surface area contributed by atoms with E-state index in [1.54, 1.807) is 6.07 Å². The standard InChI is InChI=1S/C9H6ClF2NO3S/c1-16-8-5(4-13)2-3-6(17(10,14)15)7(8)9(11)12/h2-3,9H,1H3. The van der Waals surface area contributed by atoms with Crippen molar-refractivity contribution in [3.8, 4) is 11.8 Å². The van der Waals surface area contributed by atoms with Crippen molar-refractivity contribution in [1.29, 1.82) is 5.26 Å². The van der Waals surface area contributed by atoms with Crippen LogP contribution in [0.4, 0.5) is 8.78 Å². The van der Waals surface area contributed by atoms with E-state index >= 15 is 0 Å². The lowest BCUT2D eigenvalue weighted by Gasteiger charge is -2.12. The maximum Gasteiger partial charge on any atom is 0.268 e. The minimum atomic E-state index is -4.33. The molecule has 0 aliphatic rings. The molecule has 0 aliphatic heterocycles. The topological polar surface area (TPSA) is 67.2 Å². The third-order valence-electron chi connectivity index (χ3n) is 1.96. The Balaban J connectivity index is 3.73. The SMILES string of the molecule is COc1c(C#N)ccc(S(=O)(=O)Cl)c1C(F)F. The lowest BCUT2D eigenvalue weighted by molar-refractivity contribution is 0.143. The Bertz CT molecular complexity index is 581. The first-order chi connectivity index (χ1) is 7.82. The minimum absolute atomic E-state index is 0.188. The third-order valence-corrected chi connectivity index (χ3v) is 3.34. The lowest BCUT2D eigenvalue weighted by Crippen LogP contribution is -2.03. The largest absolute Gasteiger partial charge is 0.495 e. The van der Waals surface area contributed by atoms with Crippen molar-refractivity contribution in [3.05, 3.63) is 23.3 Å². The number of benzene rings is 1. The maximum atomic E-state index is 12.8. The Morgan fingerprint density at radius 3 is 2.41 bits per heavy atom. The average Bonchev–Trinajstić information content (AvgIpc) is 2.25. The predicted octanol–water partition coefficient (Wildman–Crippen LogP) is 2.43. The van der Waals surface area contributed by atoms with Gasteiger partial charge in [0.25, 0.3) is 15.5 Å². The van der Waals surface area contributed by atoms with Gasteiger partial charge >= 0.3 is 0 Å². The van der Waals surface area contributed by atoms with Crippen LogP contribution in [0.3, 0.4) is 0 Å². The first-order valence-electron chi connectivity index (χ1n) is 4.16. The molecule has 0 saturated carbocycles. The highest BCUT2D eigenvalue weighted by Gasteiger charge is 2.27. The fourth-order valence-electron chi connectivity index (χ4n) is 1.31. The normalized spacial score (nSPS) is 11.3. The van der Waals surface area contributed by atoms with Crippen LogP contribution in [0.5, 0.6) is 5.75 Å². The van der Waals surface area contributed by atoms with Gasteiger partial charge in [0.05, 0.1) is 23.1 Å². The zero-order valence-electron chi connectivity index (χ0n) is 8.45. The number of alkyl halides is 2. The van der Waals surface area contributed by atoms with Gasteiger partial charge in [-0.15, -0.1) is 0 Å². The van der Waals surface area contributed by atoms with Gasteiger partial charge in [0.2, 0.25) is 0 Å². The van der Waals surface area contributed by atoms with E-state index in [9.17, 15) is 17.2 Å². The van der Waals surface area contributed by atoms with E-state index < -0.39 is 31.7 Å². The molecule has 4 nitrogen and oxygen atoms in total. The third kappa shape index (κ3) is 2.65. The highest BCUT2D eigenvalue weighted by atomic mass is 35.7. The molecule has 0 unspecified atom stereocenters. The monoisotopic (exact) mass is 281 g/mol. The quantitative estimate of drug-likeness (QED) is 0.798. The summed E-state index contributed by atoms with van der Waals surface area (Å²) in [6.45, 7) is 0. The van der Waals surface area contributed by atoms with E-state index in [-0.39, 0.29) is 5.56 Å². The van der Waals surface area contributed by atoms with Crippen LogP contribution in [-0.4, -0.2) is 15.5 Å². The summed E-state index contributed by atoms with van der Waals surface area (Å²) in [5.41, 5.74) is -1.09. The Labute approximate surface area is 101 Å². The van der Waals surface area contributed by atoms with E-state index in [0.717, 1.165) is 19.2 Å². The summed E-state index contributed by atoms with van der Waals surface area (Å²) in [6, 6.07) is 3.53. The summed E-state index contributed by atoms with van der Waals surface area (Å²) in [7, 11) is 1.76. The Kier molecular flexibility index (Phi) is 3.91. The van der Waals surface area contributed by atoms with Crippen molar-refractivity contribution in [2.45, 2.75) is 11.3 Å². The summed E-state index contributed by atoms with van der Waals surface area (Å²) in [5.74, 6) is -0.482. The van der Waals surface area contributed by atoms with E-state index in [4.69, 9.17) is 15.9 Å². The molecule has 0 aromatic heterocycles. The first kappa shape index (κ1) is 13.7. The van der Waals surface area contributed by atoms with Crippen molar-refractivity contribution in [1.82, 2.24) is 0 Å². The number of methoxy groups -OCH3 is 1. The molecule has 17 heavy (non-hydrogen) atoms. The number of nitrogens with zero attached hydrogens (tertiary/aromatic N) is 1. The van der Waals surface area contributed by atoms with Crippen molar-refractivity contribution < 1.29 is 21.9 Å². The van der Waals surface area contributed by atoms with Crippen molar-refractivity contribution in [2.24, 2.45) is 0 Å². The van der Waals surface area contributed by atoms with Gasteiger partial charge in [-0.2, -0.15) is 5.26 Å². The van der Waals surface area contributed by atoms with E-state index in [0.29, 0.717) is 0 Å². The molecule has 0 atom stereocenters. The maximum absolute atomic E-state index is 12.8. The van der Waals surface area contributed by atoms with Gasteiger partial charge in [0.1, 0.15) is 11.8 Å². The van der Waals surface area contributed by atoms with Crippen LogP contribution in [0.15, 0.2) is 17.0 Å². The number of nitriles is 1. The van der Waals surface area contributed by atoms with Gasteiger partial charge in [0, 0.05) is 10.7 Å². The average molecular weight is 282 g/mol. The molecule has 0 bridgehead atoms. The van der Waals surface area contributed by atoms with E-state index in [2.05, 4.69) is 4.74 Å². The molecule has 1 rings (SSSR count). The summed E-state index contributed by atoms with van der Waals surface area (Å²) in [4.78, 5) is -0.759. The predicted molar refractivity (Wildman–Crippen MR) is 55.7 cm³/mol. The zero-order chi connectivity index (χ0) is 13.2.